The summed E-state index contributed by atoms with van der Waals surface area (Å²) in [6, 6.07) is 4.74. The quantitative estimate of drug-likeness (QED) is 0.801. The summed E-state index contributed by atoms with van der Waals surface area (Å²) in [7, 11) is 0. The molecule has 2 aliphatic rings. The summed E-state index contributed by atoms with van der Waals surface area (Å²) in [5.74, 6) is -0.0808. The molecule has 0 saturated heterocycles. The molecule has 1 unspecified atom stereocenters. The second-order valence-corrected chi connectivity index (χ2v) is 6.26. The van der Waals surface area contributed by atoms with Gasteiger partial charge in [0.25, 0.3) is 0 Å². The van der Waals surface area contributed by atoms with E-state index in [4.69, 9.17) is 16.3 Å². The van der Waals surface area contributed by atoms with E-state index in [1.165, 1.54) is 18.9 Å². The molecule has 1 spiro atoms. The van der Waals surface area contributed by atoms with Crippen LogP contribution in [0.5, 0.6) is 5.75 Å². The van der Waals surface area contributed by atoms with Crippen molar-refractivity contribution in [1.82, 2.24) is 0 Å². The topological polar surface area (TPSA) is 26.3 Å². The fraction of sp³-hybridized carbons (Fsp3) is 0.562. The number of halogens is 2. The molecular formula is C16H18ClFO2. The monoisotopic (exact) mass is 296 g/mol. The first-order valence-electron chi connectivity index (χ1n) is 7.27. The zero-order valence-electron chi connectivity index (χ0n) is 11.3. The van der Waals surface area contributed by atoms with E-state index < -0.39 is 5.82 Å². The summed E-state index contributed by atoms with van der Waals surface area (Å²) < 4.78 is 19.7. The van der Waals surface area contributed by atoms with Crippen molar-refractivity contribution in [2.75, 3.05) is 0 Å². The first-order chi connectivity index (χ1) is 9.63. The molecule has 2 saturated carbocycles. The van der Waals surface area contributed by atoms with Crippen molar-refractivity contribution in [3.05, 3.63) is 29.0 Å². The van der Waals surface area contributed by atoms with Crippen LogP contribution in [0, 0.1) is 11.2 Å². The molecule has 108 valence electrons. The Balaban J connectivity index is 1.80. The number of hydrogen-bond acceptors (Lipinski definition) is 2. The van der Waals surface area contributed by atoms with Gasteiger partial charge in [0.1, 0.15) is 11.9 Å². The molecule has 0 radical (unpaired) electrons. The average Bonchev–Trinajstić information content (AvgIpc) is 2.71. The highest BCUT2D eigenvalue weighted by molar-refractivity contribution is 6.30. The van der Waals surface area contributed by atoms with Crippen molar-refractivity contribution >= 4 is 17.4 Å². The van der Waals surface area contributed by atoms with Gasteiger partial charge in [0.05, 0.1) is 10.4 Å². The lowest BCUT2D eigenvalue weighted by Gasteiger charge is -2.47. The van der Waals surface area contributed by atoms with Crippen molar-refractivity contribution in [1.29, 1.82) is 0 Å². The van der Waals surface area contributed by atoms with Crippen molar-refractivity contribution in [2.45, 2.75) is 51.0 Å². The fourth-order valence-corrected chi connectivity index (χ4v) is 3.62. The number of carbonyl (C=O) groups excluding carboxylic acids is 1. The largest absolute Gasteiger partial charge is 0.486 e. The van der Waals surface area contributed by atoms with E-state index in [9.17, 15) is 9.18 Å². The highest BCUT2D eigenvalue weighted by Crippen LogP contribution is 2.50. The molecule has 4 heteroatoms. The predicted molar refractivity (Wildman–Crippen MR) is 75.6 cm³/mol. The zero-order chi connectivity index (χ0) is 14.2. The highest BCUT2D eigenvalue weighted by atomic mass is 35.5. The van der Waals surface area contributed by atoms with Crippen LogP contribution in [0.2, 0.25) is 5.02 Å². The number of ketones is 1. The van der Waals surface area contributed by atoms with Crippen molar-refractivity contribution in [3.63, 3.8) is 0 Å². The summed E-state index contributed by atoms with van der Waals surface area (Å²) in [6.07, 6.45) is 6.41. The lowest BCUT2D eigenvalue weighted by Crippen LogP contribution is -2.56. The minimum Gasteiger partial charge on any atom is -0.486 e. The molecule has 2 fully saturated rings. The number of benzene rings is 1. The Hall–Kier alpha value is -1.09. The summed E-state index contributed by atoms with van der Waals surface area (Å²) in [6.45, 7) is 0. The molecular weight excluding hydrogens is 279 g/mol. The van der Waals surface area contributed by atoms with Gasteiger partial charge in [-0.05, 0) is 25.0 Å². The van der Waals surface area contributed by atoms with Gasteiger partial charge >= 0.3 is 0 Å². The summed E-state index contributed by atoms with van der Waals surface area (Å²) in [5, 5.41) is 0.0584. The van der Waals surface area contributed by atoms with E-state index >= 15 is 0 Å². The maximum atomic E-state index is 13.9. The van der Waals surface area contributed by atoms with Crippen LogP contribution in [0.25, 0.3) is 0 Å². The Morgan fingerprint density at radius 1 is 1.20 bits per heavy atom. The van der Waals surface area contributed by atoms with E-state index in [2.05, 4.69) is 0 Å². The molecule has 1 atom stereocenters. The average molecular weight is 297 g/mol. The molecule has 0 aliphatic heterocycles. The third-order valence-electron chi connectivity index (χ3n) is 4.72. The van der Waals surface area contributed by atoms with Crippen LogP contribution in [0.1, 0.15) is 44.9 Å². The van der Waals surface area contributed by atoms with Gasteiger partial charge in [-0.3, -0.25) is 4.79 Å². The molecule has 1 aromatic rings. The fourth-order valence-electron chi connectivity index (χ4n) is 3.46. The molecule has 0 heterocycles. The Labute approximate surface area is 123 Å². The smallest absolute Gasteiger partial charge is 0.183 e. The number of hydrogen-bond donors (Lipinski definition) is 0. The van der Waals surface area contributed by atoms with E-state index in [-0.39, 0.29) is 28.1 Å². The van der Waals surface area contributed by atoms with Gasteiger partial charge < -0.3 is 4.74 Å². The number of rotatable bonds is 2. The third kappa shape index (κ3) is 2.22. The van der Waals surface area contributed by atoms with Gasteiger partial charge in [-0.2, -0.15) is 0 Å². The Morgan fingerprint density at radius 2 is 1.90 bits per heavy atom. The predicted octanol–water partition coefficient (Wildman–Crippen LogP) is 4.54. The minimum atomic E-state index is -0.530. The number of carbonyl (C=O) groups is 1. The second-order valence-electron chi connectivity index (χ2n) is 5.86. The van der Waals surface area contributed by atoms with Gasteiger partial charge in [-0.25, -0.2) is 4.39 Å². The van der Waals surface area contributed by atoms with E-state index in [0.29, 0.717) is 6.42 Å². The molecule has 20 heavy (non-hydrogen) atoms. The maximum absolute atomic E-state index is 13.9. The molecule has 0 bridgehead atoms. The Kier molecular flexibility index (Phi) is 3.72. The van der Waals surface area contributed by atoms with Gasteiger partial charge in [-0.15, -0.1) is 0 Å². The summed E-state index contributed by atoms with van der Waals surface area (Å²) in [5.41, 5.74) is -0.370. The zero-order valence-corrected chi connectivity index (χ0v) is 12.1. The van der Waals surface area contributed by atoms with Crippen LogP contribution in [0.3, 0.4) is 0 Å². The van der Waals surface area contributed by atoms with Gasteiger partial charge in [-0.1, -0.05) is 43.4 Å². The van der Waals surface area contributed by atoms with E-state index in [0.717, 1.165) is 25.7 Å². The molecule has 2 aliphatic carbocycles. The van der Waals surface area contributed by atoms with Crippen molar-refractivity contribution in [3.8, 4) is 5.75 Å². The minimum absolute atomic E-state index is 0.0584. The number of Topliss-reactive ketones (excluding diaryl/α,β-unsaturated/α-hetero) is 1. The maximum Gasteiger partial charge on any atom is 0.183 e. The summed E-state index contributed by atoms with van der Waals surface area (Å²) >= 11 is 5.77. The normalized spacial score (nSPS) is 25.1. The molecule has 1 aromatic carbocycles. The lowest BCUT2D eigenvalue weighted by atomic mass is 9.60. The van der Waals surface area contributed by atoms with Crippen LogP contribution in [-0.4, -0.2) is 11.9 Å². The SMILES string of the molecule is O=C1CC(Oc2cccc(Cl)c2F)C12CCCCCC2. The highest BCUT2D eigenvalue weighted by Gasteiger charge is 2.55. The first-order valence-corrected chi connectivity index (χ1v) is 7.65. The molecule has 0 amide bonds. The van der Waals surface area contributed by atoms with Crippen LogP contribution < -0.4 is 4.74 Å². The Bertz CT molecular complexity index is 521. The van der Waals surface area contributed by atoms with E-state index in [1.807, 2.05) is 0 Å². The van der Waals surface area contributed by atoms with Crippen LogP contribution in [0.4, 0.5) is 4.39 Å². The number of ether oxygens (including phenoxy) is 1. The standard InChI is InChI=1S/C16H18ClFO2/c17-11-6-5-7-12(15(11)18)20-14-10-13(19)16(14)8-3-1-2-4-9-16/h5-7,14H,1-4,8-10H2. The molecule has 2 nitrogen and oxygen atoms in total. The van der Waals surface area contributed by atoms with E-state index in [1.54, 1.807) is 12.1 Å². The van der Waals surface area contributed by atoms with Gasteiger partial charge in [0.2, 0.25) is 0 Å². The van der Waals surface area contributed by atoms with Crippen LogP contribution in [-0.2, 0) is 4.79 Å². The third-order valence-corrected chi connectivity index (χ3v) is 5.02. The van der Waals surface area contributed by atoms with Crippen LogP contribution >= 0.6 is 11.6 Å². The Morgan fingerprint density at radius 3 is 2.55 bits per heavy atom. The van der Waals surface area contributed by atoms with Crippen LogP contribution in [0.15, 0.2) is 18.2 Å². The van der Waals surface area contributed by atoms with Gasteiger partial charge in [0.15, 0.2) is 11.6 Å². The summed E-state index contributed by atoms with van der Waals surface area (Å²) in [4.78, 5) is 12.1. The van der Waals surface area contributed by atoms with Crippen molar-refractivity contribution < 1.29 is 13.9 Å². The first kappa shape index (κ1) is 13.9. The second kappa shape index (κ2) is 5.36. The van der Waals surface area contributed by atoms with Crippen molar-refractivity contribution in [2.24, 2.45) is 5.41 Å². The molecule has 3 rings (SSSR count). The van der Waals surface area contributed by atoms with Gasteiger partial charge in [0, 0.05) is 6.42 Å². The lowest BCUT2D eigenvalue weighted by molar-refractivity contribution is -0.154. The molecule has 0 N–H and O–H groups in total. The molecule has 0 aromatic heterocycles.